The van der Waals surface area contributed by atoms with Crippen molar-refractivity contribution >= 4 is 11.7 Å². The predicted molar refractivity (Wildman–Crippen MR) is 83.8 cm³/mol. The van der Waals surface area contributed by atoms with E-state index in [1.807, 2.05) is 30.3 Å². The van der Waals surface area contributed by atoms with E-state index in [4.69, 9.17) is 4.52 Å². The summed E-state index contributed by atoms with van der Waals surface area (Å²) in [4.78, 5) is 28.5. The Morgan fingerprint density at radius 1 is 1.30 bits per heavy atom. The number of anilines is 1. The van der Waals surface area contributed by atoms with Crippen LogP contribution in [0.4, 0.5) is 5.82 Å². The number of benzene rings is 1. The van der Waals surface area contributed by atoms with E-state index in [0.717, 1.165) is 5.56 Å². The second-order valence-electron chi connectivity index (χ2n) is 4.98. The van der Waals surface area contributed by atoms with E-state index in [1.54, 1.807) is 13.0 Å². The van der Waals surface area contributed by atoms with Crippen LogP contribution in [0.2, 0.25) is 0 Å². The number of nitrogens with one attached hydrogen (secondary N) is 1. The molecule has 1 amide bonds. The van der Waals surface area contributed by atoms with Gasteiger partial charge in [-0.2, -0.15) is 0 Å². The van der Waals surface area contributed by atoms with Gasteiger partial charge in [0.15, 0.2) is 5.82 Å². The molecule has 0 spiro atoms. The standard InChI is InChI=1S/C16H14N4O3/c1-11-7-14(19-23-11)18-15(21)9-20-10-17-8-13(16(20)22)12-5-3-2-4-6-12/h2-8,10H,9H2,1H3,(H,18,19,21). The molecule has 3 aromatic rings. The maximum atomic E-state index is 12.5. The SMILES string of the molecule is Cc1cc(NC(=O)Cn2cncc(-c3ccccc3)c2=O)no1. The van der Waals surface area contributed by atoms with Crippen molar-refractivity contribution in [3.63, 3.8) is 0 Å². The van der Waals surface area contributed by atoms with E-state index < -0.39 is 0 Å². The van der Waals surface area contributed by atoms with Crippen molar-refractivity contribution in [2.45, 2.75) is 13.5 Å². The zero-order valence-corrected chi connectivity index (χ0v) is 12.4. The van der Waals surface area contributed by atoms with Crippen molar-refractivity contribution in [1.82, 2.24) is 14.7 Å². The van der Waals surface area contributed by atoms with Gasteiger partial charge in [-0.1, -0.05) is 35.5 Å². The summed E-state index contributed by atoms with van der Waals surface area (Å²) in [5, 5.41) is 6.24. The van der Waals surface area contributed by atoms with Gasteiger partial charge in [-0.25, -0.2) is 4.98 Å². The predicted octanol–water partition coefficient (Wildman–Crippen LogP) is 1.85. The smallest absolute Gasteiger partial charge is 0.261 e. The monoisotopic (exact) mass is 310 g/mol. The maximum Gasteiger partial charge on any atom is 0.261 e. The van der Waals surface area contributed by atoms with Crippen molar-refractivity contribution in [3.05, 3.63) is 65.0 Å². The molecule has 2 aromatic heterocycles. The molecule has 2 heterocycles. The molecule has 0 atom stereocenters. The molecule has 0 aliphatic carbocycles. The largest absolute Gasteiger partial charge is 0.360 e. The first kappa shape index (κ1) is 14.7. The summed E-state index contributed by atoms with van der Waals surface area (Å²) in [5.74, 6) is 0.519. The Kier molecular flexibility index (Phi) is 4.01. The summed E-state index contributed by atoms with van der Waals surface area (Å²) in [5.41, 5.74) is 0.919. The van der Waals surface area contributed by atoms with E-state index in [-0.39, 0.29) is 18.0 Å². The first-order chi connectivity index (χ1) is 11.1. The molecule has 1 N–H and O–H groups in total. The normalized spacial score (nSPS) is 10.5. The van der Waals surface area contributed by atoms with Crippen molar-refractivity contribution in [1.29, 1.82) is 0 Å². The van der Waals surface area contributed by atoms with Gasteiger partial charge in [-0.3, -0.25) is 14.2 Å². The minimum atomic E-state index is -0.382. The molecule has 0 unspecified atom stereocenters. The van der Waals surface area contributed by atoms with Crippen LogP contribution in [0.5, 0.6) is 0 Å². The highest BCUT2D eigenvalue weighted by Gasteiger charge is 2.11. The molecule has 0 aliphatic rings. The molecule has 0 saturated heterocycles. The molecule has 116 valence electrons. The Balaban J connectivity index is 1.81. The van der Waals surface area contributed by atoms with Crippen LogP contribution in [-0.4, -0.2) is 20.6 Å². The van der Waals surface area contributed by atoms with E-state index in [1.165, 1.54) is 17.1 Å². The van der Waals surface area contributed by atoms with Crippen molar-refractivity contribution in [2.24, 2.45) is 0 Å². The summed E-state index contributed by atoms with van der Waals surface area (Å²) in [6.07, 6.45) is 2.83. The fraction of sp³-hybridized carbons (Fsp3) is 0.125. The summed E-state index contributed by atoms with van der Waals surface area (Å²) < 4.78 is 6.13. The quantitative estimate of drug-likeness (QED) is 0.794. The number of amides is 1. The molecular formula is C16H14N4O3. The Labute approximate surface area is 131 Å². The molecule has 7 heteroatoms. The molecule has 0 bridgehead atoms. The third kappa shape index (κ3) is 3.34. The van der Waals surface area contributed by atoms with Crippen LogP contribution in [0.15, 0.2) is 58.2 Å². The topological polar surface area (TPSA) is 90.0 Å². The Morgan fingerprint density at radius 2 is 2.09 bits per heavy atom. The van der Waals surface area contributed by atoms with Crippen molar-refractivity contribution < 1.29 is 9.32 Å². The van der Waals surface area contributed by atoms with E-state index >= 15 is 0 Å². The molecule has 3 rings (SSSR count). The number of hydrogen-bond donors (Lipinski definition) is 1. The van der Waals surface area contributed by atoms with Gasteiger partial charge in [0.1, 0.15) is 12.3 Å². The average Bonchev–Trinajstić information content (AvgIpc) is 2.95. The Hall–Kier alpha value is -3.22. The van der Waals surface area contributed by atoms with Crippen molar-refractivity contribution in [2.75, 3.05) is 5.32 Å². The number of aryl methyl sites for hydroxylation is 1. The number of aromatic nitrogens is 3. The second-order valence-corrected chi connectivity index (χ2v) is 4.98. The summed E-state index contributed by atoms with van der Waals surface area (Å²) >= 11 is 0. The van der Waals surface area contributed by atoms with E-state index in [2.05, 4.69) is 15.5 Å². The minimum Gasteiger partial charge on any atom is -0.360 e. The molecule has 0 radical (unpaired) electrons. The molecule has 7 nitrogen and oxygen atoms in total. The van der Waals surface area contributed by atoms with Crippen LogP contribution in [0.3, 0.4) is 0 Å². The van der Waals surface area contributed by atoms with Gasteiger partial charge in [-0.15, -0.1) is 0 Å². The molecule has 0 aliphatic heterocycles. The Morgan fingerprint density at radius 3 is 2.78 bits per heavy atom. The number of hydrogen-bond acceptors (Lipinski definition) is 5. The first-order valence-corrected chi connectivity index (χ1v) is 6.96. The number of nitrogens with zero attached hydrogens (tertiary/aromatic N) is 3. The van der Waals surface area contributed by atoms with E-state index in [0.29, 0.717) is 17.1 Å². The van der Waals surface area contributed by atoms with E-state index in [9.17, 15) is 9.59 Å². The van der Waals surface area contributed by atoms with Gasteiger partial charge in [0.05, 0.1) is 11.9 Å². The molecule has 23 heavy (non-hydrogen) atoms. The van der Waals surface area contributed by atoms with Crippen LogP contribution in [-0.2, 0) is 11.3 Å². The fourth-order valence-corrected chi connectivity index (χ4v) is 2.14. The van der Waals surface area contributed by atoms with Crippen LogP contribution < -0.4 is 10.9 Å². The molecule has 1 aromatic carbocycles. The molecule has 0 fully saturated rings. The van der Waals surface area contributed by atoms with Gasteiger partial charge in [0, 0.05) is 12.3 Å². The summed E-state index contributed by atoms with van der Waals surface area (Å²) in [6, 6.07) is 10.8. The Bertz CT molecular complexity index is 884. The highest BCUT2D eigenvalue weighted by molar-refractivity contribution is 5.89. The molecular weight excluding hydrogens is 296 g/mol. The zero-order chi connectivity index (χ0) is 16.2. The highest BCUT2D eigenvalue weighted by Crippen LogP contribution is 2.13. The van der Waals surface area contributed by atoms with Crippen LogP contribution >= 0.6 is 0 Å². The zero-order valence-electron chi connectivity index (χ0n) is 12.4. The van der Waals surface area contributed by atoms with Gasteiger partial charge < -0.3 is 9.84 Å². The number of rotatable bonds is 4. The number of carbonyl (C=O) groups excluding carboxylic acids is 1. The molecule has 0 saturated carbocycles. The minimum absolute atomic E-state index is 0.154. The van der Waals surface area contributed by atoms with Crippen LogP contribution in [0.1, 0.15) is 5.76 Å². The van der Waals surface area contributed by atoms with Gasteiger partial charge in [0.2, 0.25) is 5.91 Å². The first-order valence-electron chi connectivity index (χ1n) is 6.96. The highest BCUT2D eigenvalue weighted by atomic mass is 16.5. The van der Waals surface area contributed by atoms with Gasteiger partial charge >= 0.3 is 0 Å². The summed E-state index contributed by atoms with van der Waals surface area (Å²) in [6.45, 7) is 1.57. The fourth-order valence-electron chi connectivity index (χ4n) is 2.14. The third-order valence-corrected chi connectivity index (χ3v) is 3.20. The lowest BCUT2D eigenvalue weighted by Gasteiger charge is -2.07. The van der Waals surface area contributed by atoms with Crippen molar-refractivity contribution in [3.8, 4) is 11.1 Å². The average molecular weight is 310 g/mol. The number of carbonyl (C=O) groups is 1. The summed E-state index contributed by atoms with van der Waals surface area (Å²) in [7, 11) is 0. The second kappa shape index (κ2) is 6.27. The van der Waals surface area contributed by atoms with Gasteiger partial charge in [-0.05, 0) is 12.5 Å². The van der Waals surface area contributed by atoms with Gasteiger partial charge in [0.25, 0.3) is 5.56 Å². The maximum absolute atomic E-state index is 12.5. The lowest BCUT2D eigenvalue weighted by atomic mass is 10.1. The lowest BCUT2D eigenvalue weighted by molar-refractivity contribution is -0.116. The van der Waals surface area contributed by atoms with Crippen LogP contribution in [0, 0.1) is 6.92 Å². The lowest BCUT2D eigenvalue weighted by Crippen LogP contribution is -2.28. The third-order valence-electron chi connectivity index (χ3n) is 3.20. The van der Waals surface area contributed by atoms with Crippen LogP contribution in [0.25, 0.3) is 11.1 Å².